The van der Waals surface area contributed by atoms with E-state index >= 15 is 0 Å². The number of hydrogen-bond donors (Lipinski definition) is 1. The first kappa shape index (κ1) is 24.0. The number of aryl methyl sites for hydroxylation is 2. The predicted octanol–water partition coefficient (Wildman–Crippen LogP) is 5.21. The quantitative estimate of drug-likeness (QED) is 0.378. The van der Waals surface area contributed by atoms with Gasteiger partial charge >= 0.3 is 6.03 Å². The summed E-state index contributed by atoms with van der Waals surface area (Å²) >= 11 is 6.40. The first-order chi connectivity index (χ1) is 16.8. The summed E-state index contributed by atoms with van der Waals surface area (Å²) in [6.07, 6.45) is 1.39. The molecule has 0 spiro atoms. The van der Waals surface area contributed by atoms with Gasteiger partial charge in [0.15, 0.2) is 0 Å². The Kier molecular flexibility index (Phi) is 6.89. The second-order valence-electron chi connectivity index (χ2n) is 8.05. The molecule has 1 heterocycles. The minimum Gasteiger partial charge on any atom is -0.497 e. The zero-order chi connectivity index (χ0) is 25.1. The van der Waals surface area contributed by atoms with Crippen LogP contribution in [0.5, 0.6) is 11.5 Å². The Hall–Kier alpha value is -4.10. The summed E-state index contributed by atoms with van der Waals surface area (Å²) in [6, 6.07) is 16.6. The molecule has 0 aromatic heterocycles. The van der Waals surface area contributed by atoms with Crippen molar-refractivity contribution in [3.63, 3.8) is 0 Å². The SMILES string of the molecule is COc1ccc(N2C(=O)NC(=O)/C(=C\c3ccc(OCc4ccc(C)c(C)c4)c(Cl)c3)C2=O)cc1. The Labute approximate surface area is 207 Å². The molecule has 178 valence electrons. The van der Waals surface area contributed by atoms with E-state index in [2.05, 4.69) is 11.4 Å². The van der Waals surface area contributed by atoms with E-state index in [0.29, 0.717) is 34.4 Å². The van der Waals surface area contributed by atoms with Crippen LogP contribution in [0.2, 0.25) is 5.02 Å². The highest BCUT2D eigenvalue weighted by molar-refractivity contribution is 6.39. The van der Waals surface area contributed by atoms with Crippen LogP contribution in [0.25, 0.3) is 6.08 Å². The Morgan fingerprint density at radius 1 is 0.943 bits per heavy atom. The van der Waals surface area contributed by atoms with Gasteiger partial charge in [-0.1, -0.05) is 35.9 Å². The molecule has 0 bridgehead atoms. The van der Waals surface area contributed by atoms with Crippen LogP contribution in [0, 0.1) is 13.8 Å². The third kappa shape index (κ3) is 5.20. The molecule has 4 amide bonds. The molecule has 3 aromatic rings. The highest BCUT2D eigenvalue weighted by Gasteiger charge is 2.36. The number of imide groups is 2. The molecule has 1 aliphatic rings. The van der Waals surface area contributed by atoms with E-state index in [0.717, 1.165) is 10.5 Å². The summed E-state index contributed by atoms with van der Waals surface area (Å²) in [6.45, 7) is 4.44. The average Bonchev–Trinajstić information content (AvgIpc) is 2.83. The molecule has 0 saturated carbocycles. The molecule has 0 radical (unpaired) electrons. The van der Waals surface area contributed by atoms with Crippen molar-refractivity contribution in [2.75, 3.05) is 12.0 Å². The van der Waals surface area contributed by atoms with Crippen molar-refractivity contribution in [2.24, 2.45) is 0 Å². The molecule has 8 heteroatoms. The van der Waals surface area contributed by atoms with Gasteiger partial charge in [-0.05, 0) is 78.6 Å². The van der Waals surface area contributed by atoms with Crippen molar-refractivity contribution in [3.8, 4) is 11.5 Å². The Balaban J connectivity index is 1.54. The molecule has 4 rings (SSSR count). The molecule has 1 fully saturated rings. The van der Waals surface area contributed by atoms with E-state index < -0.39 is 17.8 Å². The number of hydrogen-bond acceptors (Lipinski definition) is 5. The topological polar surface area (TPSA) is 84.9 Å². The Morgan fingerprint density at radius 2 is 1.69 bits per heavy atom. The fourth-order valence-electron chi connectivity index (χ4n) is 3.57. The second kappa shape index (κ2) is 10.0. The first-order valence-corrected chi connectivity index (χ1v) is 11.2. The van der Waals surface area contributed by atoms with E-state index in [1.807, 2.05) is 26.0 Å². The van der Waals surface area contributed by atoms with Crippen LogP contribution in [0.4, 0.5) is 10.5 Å². The minimum absolute atomic E-state index is 0.194. The van der Waals surface area contributed by atoms with Gasteiger partial charge in [-0.25, -0.2) is 9.69 Å². The number of carbonyl (C=O) groups is 3. The third-order valence-corrected chi connectivity index (χ3v) is 5.96. The zero-order valence-corrected chi connectivity index (χ0v) is 20.2. The maximum Gasteiger partial charge on any atom is 0.335 e. The number of rotatable bonds is 6. The maximum atomic E-state index is 13.1. The Morgan fingerprint density at radius 3 is 2.34 bits per heavy atom. The number of nitrogens with zero attached hydrogens (tertiary/aromatic N) is 1. The van der Waals surface area contributed by atoms with Crippen LogP contribution in [0.3, 0.4) is 0 Å². The van der Waals surface area contributed by atoms with E-state index in [9.17, 15) is 14.4 Å². The Bertz CT molecular complexity index is 1350. The van der Waals surface area contributed by atoms with Gasteiger partial charge in [0.25, 0.3) is 11.8 Å². The van der Waals surface area contributed by atoms with Gasteiger partial charge in [0, 0.05) is 0 Å². The number of carbonyl (C=O) groups excluding carboxylic acids is 3. The van der Waals surface area contributed by atoms with Gasteiger partial charge in [0.2, 0.25) is 0 Å². The van der Waals surface area contributed by atoms with Crippen LogP contribution >= 0.6 is 11.6 Å². The number of urea groups is 1. The van der Waals surface area contributed by atoms with Gasteiger partial charge < -0.3 is 9.47 Å². The van der Waals surface area contributed by atoms with Crippen LogP contribution < -0.4 is 19.7 Å². The van der Waals surface area contributed by atoms with Crippen molar-refractivity contribution < 1.29 is 23.9 Å². The molecule has 1 N–H and O–H groups in total. The van der Waals surface area contributed by atoms with Crippen LogP contribution in [-0.2, 0) is 16.2 Å². The van der Waals surface area contributed by atoms with Gasteiger partial charge in [-0.2, -0.15) is 0 Å². The number of anilines is 1. The van der Waals surface area contributed by atoms with Crippen LogP contribution in [0.15, 0.2) is 66.2 Å². The van der Waals surface area contributed by atoms with E-state index in [-0.39, 0.29) is 5.57 Å². The number of amides is 4. The summed E-state index contributed by atoms with van der Waals surface area (Å²) in [5.74, 6) is -0.479. The van der Waals surface area contributed by atoms with E-state index in [1.54, 1.807) is 42.5 Å². The van der Waals surface area contributed by atoms with Crippen molar-refractivity contribution in [2.45, 2.75) is 20.5 Å². The van der Waals surface area contributed by atoms with Gasteiger partial charge in [-0.3, -0.25) is 14.9 Å². The summed E-state index contributed by atoms with van der Waals surface area (Å²) in [5, 5.41) is 2.53. The van der Waals surface area contributed by atoms with Crippen molar-refractivity contribution >= 4 is 41.2 Å². The molecule has 0 atom stereocenters. The monoisotopic (exact) mass is 490 g/mol. The van der Waals surface area contributed by atoms with Crippen molar-refractivity contribution in [1.82, 2.24) is 5.32 Å². The first-order valence-electron chi connectivity index (χ1n) is 10.8. The molecule has 0 unspecified atom stereocenters. The number of benzene rings is 3. The molecule has 1 aliphatic heterocycles. The maximum absolute atomic E-state index is 13.1. The summed E-state index contributed by atoms with van der Waals surface area (Å²) in [7, 11) is 1.51. The normalized spacial score (nSPS) is 14.8. The highest BCUT2D eigenvalue weighted by Crippen LogP contribution is 2.29. The molecule has 3 aromatic carbocycles. The molecular weight excluding hydrogens is 468 g/mol. The van der Waals surface area contributed by atoms with Crippen LogP contribution in [-0.4, -0.2) is 25.0 Å². The number of barbiturate groups is 1. The molecule has 7 nitrogen and oxygen atoms in total. The van der Waals surface area contributed by atoms with Gasteiger partial charge in [0.1, 0.15) is 23.7 Å². The largest absolute Gasteiger partial charge is 0.497 e. The fraction of sp³-hybridized carbons (Fsp3) is 0.148. The number of methoxy groups -OCH3 is 1. The predicted molar refractivity (Wildman–Crippen MR) is 134 cm³/mol. The summed E-state index contributed by atoms with van der Waals surface area (Å²) in [5.41, 5.74) is 4.02. The lowest BCUT2D eigenvalue weighted by molar-refractivity contribution is -0.122. The number of ether oxygens (including phenoxy) is 2. The lowest BCUT2D eigenvalue weighted by Gasteiger charge is -2.26. The molecular formula is C27H23ClN2O5. The zero-order valence-electron chi connectivity index (χ0n) is 19.4. The average molecular weight is 491 g/mol. The number of nitrogens with one attached hydrogen (secondary N) is 1. The standard InChI is InChI=1S/C27H23ClN2O5/c1-16-4-5-19(12-17(16)2)15-35-24-11-6-18(14-23(24)28)13-22-25(31)29-27(33)30(26(22)32)20-7-9-21(34-3)10-8-20/h4-14H,15H2,1-3H3,(H,29,31,33)/b22-13+. The second-order valence-corrected chi connectivity index (χ2v) is 8.46. The van der Waals surface area contributed by atoms with Crippen LogP contribution in [0.1, 0.15) is 22.3 Å². The minimum atomic E-state index is -0.824. The summed E-state index contributed by atoms with van der Waals surface area (Å²) in [4.78, 5) is 38.8. The molecule has 0 aliphatic carbocycles. The van der Waals surface area contributed by atoms with Crippen molar-refractivity contribution in [1.29, 1.82) is 0 Å². The molecule has 35 heavy (non-hydrogen) atoms. The van der Waals surface area contributed by atoms with E-state index in [4.69, 9.17) is 21.1 Å². The van der Waals surface area contributed by atoms with Gasteiger partial charge in [-0.15, -0.1) is 0 Å². The van der Waals surface area contributed by atoms with Crippen molar-refractivity contribution in [3.05, 3.63) is 93.5 Å². The lowest BCUT2D eigenvalue weighted by atomic mass is 10.1. The fourth-order valence-corrected chi connectivity index (χ4v) is 3.81. The third-order valence-electron chi connectivity index (χ3n) is 5.66. The van der Waals surface area contributed by atoms with E-state index in [1.165, 1.54) is 24.3 Å². The van der Waals surface area contributed by atoms with Gasteiger partial charge in [0.05, 0.1) is 17.8 Å². The lowest BCUT2D eigenvalue weighted by Crippen LogP contribution is -2.54. The number of halogens is 1. The highest BCUT2D eigenvalue weighted by atomic mass is 35.5. The smallest absolute Gasteiger partial charge is 0.335 e. The molecule has 1 saturated heterocycles. The summed E-state index contributed by atoms with van der Waals surface area (Å²) < 4.78 is 11.0.